The van der Waals surface area contributed by atoms with E-state index in [-0.39, 0.29) is 0 Å². The van der Waals surface area contributed by atoms with E-state index in [0.29, 0.717) is 6.10 Å². The Hall–Kier alpha value is -0.120. The molecular weight excluding hydrogens is 128 g/mol. The molecular formula is C7H16N2O. The van der Waals surface area contributed by atoms with Gasteiger partial charge in [-0.1, -0.05) is 0 Å². The first-order chi connectivity index (χ1) is 4.93. The molecule has 0 radical (unpaired) electrons. The second-order valence-corrected chi connectivity index (χ2v) is 2.61. The molecule has 1 saturated heterocycles. The van der Waals surface area contributed by atoms with Crippen molar-refractivity contribution >= 4 is 0 Å². The summed E-state index contributed by atoms with van der Waals surface area (Å²) in [5.74, 6) is 0. The zero-order valence-electron chi connectivity index (χ0n) is 6.52. The Morgan fingerprint density at radius 3 is 3.40 bits per heavy atom. The first-order valence-electron chi connectivity index (χ1n) is 3.90. The van der Waals surface area contributed by atoms with Crippen LogP contribution in [0.2, 0.25) is 0 Å². The lowest BCUT2D eigenvalue weighted by Crippen LogP contribution is -2.34. The van der Waals surface area contributed by atoms with Gasteiger partial charge in [-0.15, -0.1) is 0 Å². The van der Waals surface area contributed by atoms with Gasteiger partial charge in [-0.2, -0.15) is 0 Å². The van der Waals surface area contributed by atoms with Crippen LogP contribution in [-0.4, -0.2) is 39.4 Å². The molecule has 1 fully saturated rings. The summed E-state index contributed by atoms with van der Waals surface area (Å²) in [4.78, 5) is 0. The third kappa shape index (κ3) is 2.64. The lowest BCUT2D eigenvalue weighted by Gasteiger charge is -2.13. The van der Waals surface area contributed by atoms with Gasteiger partial charge in [-0.3, -0.25) is 0 Å². The summed E-state index contributed by atoms with van der Waals surface area (Å²) >= 11 is 0. The maximum atomic E-state index is 5.52. The van der Waals surface area contributed by atoms with Gasteiger partial charge in [0.25, 0.3) is 0 Å². The topological polar surface area (TPSA) is 33.3 Å². The standard InChI is InChI=1S/C7H16N2O/c1-8-5-7-6-9-3-2-4-10-7/h7-9H,2-6H2,1H3. The first kappa shape index (κ1) is 7.98. The van der Waals surface area contributed by atoms with Crippen LogP contribution < -0.4 is 10.6 Å². The molecule has 1 atom stereocenters. The van der Waals surface area contributed by atoms with Gasteiger partial charge in [0.05, 0.1) is 6.10 Å². The monoisotopic (exact) mass is 144 g/mol. The van der Waals surface area contributed by atoms with Gasteiger partial charge in [0, 0.05) is 19.7 Å². The highest BCUT2D eigenvalue weighted by Crippen LogP contribution is 1.95. The second-order valence-electron chi connectivity index (χ2n) is 2.61. The predicted octanol–water partition coefficient (Wildman–Crippen LogP) is -0.416. The molecule has 1 aliphatic rings. The highest BCUT2D eigenvalue weighted by Gasteiger charge is 2.09. The lowest BCUT2D eigenvalue weighted by atomic mass is 10.3. The third-order valence-corrected chi connectivity index (χ3v) is 1.66. The van der Waals surface area contributed by atoms with Crippen molar-refractivity contribution in [2.24, 2.45) is 0 Å². The van der Waals surface area contributed by atoms with Crippen molar-refractivity contribution in [2.75, 3.05) is 33.3 Å². The molecule has 0 saturated carbocycles. The van der Waals surface area contributed by atoms with Gasteiger partial charge in [-0.25, -0.2) is 0 Å². The Bertz CT molecular complexity index is 79.7. The molecule has 0 aromatic heterocycles. The minimum Gasteiger partial charge on any atom is -0.376 e. The van der Waals surface area contributed by atoms with E-state index in [4.69, 9.17) is 4.74 Å². The number of nitrogens with one attached hydrogen (secondary N) is 2. The minimum absolute atomic E-state index is 0.368. The Morgan fingerprint density at radius 1 is 1.70 bits per heavy atom. The molecule has 0 aromatic carbocycles. The maximum absolute atomic E-state index is 5.52. The summed E-state index contributed by atoms with van der Waals surface area (Å²) in [6.45, 7) is 3.94. The molecule has 2 N–H and O–H groups in total. The highest BCUT2D eigenvalue weighted by atomic mass is 16.5. The van der Waals surface area contributed by atoms with E-state index in [1.165, 1.54) is 0 Å². The van der Waals surface area contributed by atoms with Crippen LogP contribution in [0.1, 0.15) is 6.42 Å². The molecule has 0 aromatic rings. The molecule has 3 nitrogen and oxygen atoms in total. The fourth-order valence-electron chi connectivity index (χ4n) is 1.13. The van der Waals surface area contributed by atoms with Crippen molar-refractivity contribution < 1.29 is 4.74 Å². The van der Waals surface area contributed by atoms with E-state index < -0.39 is 0 Å². The molecule has 0 spiro atoms. The fourth-order valence-corrected chi connectivity index (χ4v) is 1.13. The molecule has 0 bridgehead atoms. The molecule has 1 heterocycles. The Labute approximate surface area is 62.1 Å². The molecule has 60 valence electrons. The summed E-state index contributed by atoms with van der Waals surface area (Å²) in [6.07, 6.45) is 1.51. The summed E-state index contributed by atoms with van der Waals surface area (Å²) in [5.41, 5.74) is 0. The molecule has 3 heteroatoms. The van der Waals surface area contributed by atoms with Gasteiger partial charge < -0.3 is 15.4 Å². The van der Waals surface area contributed by atoms with Crippen molar-refractivity contribution in [1.29, 1.82) is 0 Å². The number of ether oxygens (including phenoxy) is 1. The van der Waals surface area contributed by atoms with Gasteiger partial charge in [0.1, 0.15) is 0 Å². The van der Waals surface area contributed by atoms with Crippen LogP contribution in [0.5, 0.6) is 0 Å². The van der Waals surface area contributed by atoms with Crippen LogP contribution in [-0.2, 0) is 4.74 Å². The van der Waals surface area contributed by atoms with Crippen LogP contribution >= 0.6 is 0 Å². The lowest BCUT2D eigenvalue weighted by molar-refractivity contribution is 0.0684. The van der Waals surface area contributed by atoms with Crippen molar-refractivity contribution in [3.8, 4) is 0 Å². The molecule has 0 amide bonds. The Balaban J connectivity index is 2.15. The number of hydrogen-bond donors (Lipinski definition) is 2. The SMILES string of the molecule is CNCC1CNCCCO1. The third-order valence-electron chi connectivity index (χ3n) is 1.66. The summed E-state index contributed by atoms with van der Waals surface area (Å²) < 4.78 is 5.52. The number of likely N-dealkylation sites (N-methyl/N-ethyl adjacent to an activating group) is 1. The summed E-state index contributed by atoms with van der Waals surface area (Å²) in [5, 5.41) is 6.42. The van der Waals surface area contributed by atoms with E-state index in [9.17, 15) is 0 Å². The van der Waals surface area contributed by atoms with Crippen molar-refractivity contribution in [1.82, 2.24) is 10.6 Å². The van der Waals surface area contributed by atoms with Gasteiger partial charge in [0.2, 0.25) is 0 Å². The average Bonchev–Trinajstić information content (AvgIpc) is 2.17. The first-order valence-corrected chi connectivity index (χ1v) is 3.90. The van der Waals surface area contributed by atoms with E-state index in [1.54, 1.807) is 0 Å². The Kier molecular flexibility index (Phi) is 3.72. The molecule has 10 heavy (non-hydrogen) atoms. The van der Waals surface area contributed by atoms with Crippen molar-refractivity contribution in [3.63, 3.8) is 0 Å². The van der Waals surface area contributed by atoms with Gasteiger partial charge >= 0.3 is 0 Å². The van der Waals surface area contributed by atoms with E-state index >= 15 is 0 Å². The predicted molar refractivity (Wildman–Crippen MR) is 41.2 cm³/mol. The van der Waals surface area contributed by atoms with Crippen LogP contribution in [0.3, 0.4) is 0 Å². The average molecular weight is 144 g/mol. The summed E-state index contributed by atoms with van der Waals surface area (Å²) in [7, 11) is 1.95. The largest absolute Gasteiger partial charge is 0.376 e. The molecule has 1 rings (SSSR count). The minimum atomic E-state index is 0.368. The van der Waals surface area contributed by atoms with Crippen molar-refractivity contribution in [3.05, 3.63) is 0 Å². The number of rotatable bonds is 2. The molecule has 0 aliphatic carbocycles. The summed E-state index contributed by atoms with van der Waals surface area (Å²) in [6, 6.07) is 0. The smallest absolute Gasteiger partial charge is 0.0823 e. The van der Waals surface area contributed by atoms with Crippen molar-refractivity contribution in [2.45, 2.75) is 12.5 Å². The number of hydrogen-bond acceptors (Lipinski definition) is 3. The van der Waals surface area contributed by atoms with Crippen LogP contribution in [0.25, 0.3) is 0 Å². The van der Waals surface area contributed by atoms with E-state index in [2.05, 4.69) is 10.6 Å². The quantitative estimate of drug-likeness (QED) is 0.552. The van der Waals surface area contributed by atoms with Crippen LogP contribution in [0.15, 0.2) is 0 Å². The maximum Gasteiger partial charge on any atom is 0.0823 e. The zero-order valence-corrected chi connectivity index (χ0v) is 6.52. The van der Waals surface area contributed by atoms with E-state index in [0.717, 1.165) is 32.7 Å². The zero-order chi connectivity index (χ0) is 7.23. The van der Waals surface area contributed by atoms with Crippen LogP contribution in [0, 0.1) is 0 Å². The van der Waals surface area contributed by atoms with Gasteiger partial charge in [-0.05, 0) is 20.0 Å². The fraction of sp³-hybridized carbons (Fsp3) is 1.00. The normalized spacial score (nSPS) is 27.9. The molecule has 1 unspecified atom stereocenters. The Morgan fingerprint density at radius 2 is 2.60 bits per heavy atom. The second kappa shape index (κ2) is 4.66. The highest BCUT2D eigenvalue weighted by molar-refractivity contribution is 4.66. The van der Waals surface area contributed by atoms with Gasteiger partial charge in [0.15, 0.2) is 0 Å². The van der Waals surface area contributed by atoms with Crippen LogP contribution in [0.4, 0.5) is 0 Å². The molecule has 1 aliphatic heterocycles. The van der Waals surface area contributed by atoms with E-state index in [1.807, 2.05) is 7.05 Å².